The molecular weight excluding hydrogens is 152 g/mol. The first kappa shape index (κ1) is 8.87. The quantitative estimate of drug-likeness (QED) is 0.692. The minimum atomic E-state index is -0.210. The number of nitrogens with zero attached hydrogens (tertiary/aromatic N) is 1. The molecule has 0 aliphatic carbocycles. The summed E-state index contributed by atoms with van der Waals surface area (Å²) in [5.74, 6) is 1.55. The summed E-state index contributed by atoms with van der Waals surface area (Å²) in [5.41, 5.74) is 5.68. The molecule has 1 rings (SSSR count). The van der Waals surface area contributed by atoms with Crippen molar-refractivity contribution in [3.63, 3.8) is 0 Å². The predicted octanol–water partition coefficient (Wildman–Crippen LogP) is 1.53. The van der Waals surface area contributed by atoms with E-state index in [4.69, 9.17) is 10.2 Å². The molecule has 0 radical (unpaired) electrons. The van der Waals surface area contributed by atoms with Crippen molar-refractivity contribution in [1.29, 1.82) is 0 Å². The Morgan fingerprint density at radius 1 is 1.58 bits per heavy atom. The molecule has 2 N–H and O–H groups in total. The summed E-state index contributed by atoms with van der Waals surface area (Å²) in [6, 6.07) is 3.54. The second-order valence-electron chi connectivity index (χ2n) is 2.83. The van der Waals surface area contributed by atoms with E-state index in [1.165, 1.54) is 0 Å². The van der Waals surface area contributed by atoms with Crippen LogP contribution < -0.4 is 10.6 Å². The van der Waals surface area contributed by atoms with Crippen molar-refractivity contribution in [3.8, 4) is 0 Å². The van der Waals surface area contributed by atoms with Gasteiger partial charge in [0.15, 0.2) is 5.88 Å². The van der Waals surface area contributed by atoms with E-state index in [-0.39, 0.29) is 6.04 Å². The number of anilines is 1. The van der Waals surface area contributed by atoms with Crippen LogP contribution in [0.3, 0.4) is 0 Å². The maximum Gasteiger partial charge on any atom is 0.195 e. The lowest BCUT2D eigenvalue weighted by molar-refractivity contribution is 0.495. The topological polar surface area (TPSA) is 42.4 Å². The molecule has 0 saturated heterocycles. The van der Waals surface area contributed by atoms with Gasteiger partial charge >= 0.3 is 0 Å². The van der Waals surface area contributed by atoms with Crippen LogP contribution >= 0.6 is 0 Å². The number of hydrogen-bond acceptors (Lipinski definition) is 3. The predicted molar refractivity (Wildman–Crippen MR) is 50.2 cm³/mol. The van der Waals surface area contributed by atoms with Gasteiger partial charge in [-0.05, 0) is 6.07 Å². The zero-order chi connectivity index (χ0) is 9.14. The average Bonchev–Trinajstić information content (AvgIpc) is 2.51. The Balaban J connectivity index is 2.83. The second-order valence-corrected chi connectivity index (χ2v) is 2.83. The monoisotopic (exact) mass is 166 g/mol. The molecule has 0 saturated carbocycles. The zero-order valence-corrected chi connectivity index (χ0v) is 7.45. The van der Waals surface area contributed by atoms with Crippen LogP contribution in [-0.4, -0.2) is 14.1 Å². The van der Waals surface area contributed by atoms with E-state index >= 15 is 0 Å². The minimum Gasteiger partial charge on any atom is -0.444 e. The van der Waals surface area contributed by atoms with Crippen molar-refractivity contribution >= 4 is 5.88 Å². The number of nitrogens with two attached hydrogens (primary N) is 1. The number of furan rings is 1. The lowest BCUT2D eigenvalue weighted by Crippen LogP contribution is -2.08. The second kappa shape index (κ2) is 3.45. The first-order valence-electron chi connectivity index (χ1n) is 3.80. The van der Waals surface area contributed by atoms with Crippen LogP contribution in [0.5, 0.6) is 0 Å². The van der Waals surface area contributed by atoms with Crippen LogP contribution in [0.2, 0.25) is 0 Å². The summed E-state index contributed by atoms with van der Waals surface area (Å²) in [7, 11) is 3.84. The lowest BCUT2D eigenvalue weighted by atomic mass is 10.2. The summed E-state index contributed by atoms with van der Waals surface area (Å²) in [4.78, 5) is 1.89. The van der Waals surface area contributed by atoms with Crippen molar-refractivity contribution in [2.75, 3.05) is 19.0 Å². The summed E-state index contributed by atoms with van der Waals surface area (Å²) < 4.78 is 5.43. The minimum absolute atomic E-state index is 0.210. The molecule has 3 nitrogen and oxygen atoms in total. The smallest absolute Gasteiger partial charge is 0.195 e. The molecule has 12 heavy (non-hydrogen) atoms. The summed E-state index contributed by atoms with van der Waals surface area (Å²) in [5, 5.41) is 0. The molecule has 1 atom stereocenters. The van der Waals surface area contributed by atoms with Gasteiger partial charge in [-0.15, -0.1) is 6.58 Å². The first-order valence-corrected chi connectivity index (χ1v) is 3.80. The molecule has 0 aliphatic rings. The van der Waals surface area contributed by atoms with E-state index in [9.17, 15) is 0 Å². The van der Waals surface area contributed by atoms with Gasteiger partial charge in [-0.2, -0.15) is 0 Å². The first-order chi connectivity index (χ1) is 5.65. The van der Waals surface area contributed by atoms with Crippen LogP contribution in [0.25, 0.3) is 0 Å². The summed E-state index contributed by atoms with van der Waals surface area (Å²) in [6.45, 7) is 3.59. The fraction of sp³-hybridized carbons (Fsp3) is 0.333. The average molecular weight is 166 g/mol. The van der Waals surface area contributed by atoms with Gasteiger partial charge in [-0.25, -0.2) is 0 Å². The highest BCUT2D eigenvalue weighted by atomic mass is 16.4. The van der Waals surface area contributed by atoms with Gasteiger partial charge < -0.3 is 15.1 Å². The highest BCUT2D eigenvalue weighted by molar-refractivity contribution is 5.35. The molecule has 1 aromatic heterocycles. The molecule has 0 unspecified atom stereocenters. The Bertz CT molecular complexity index is 265. The van der Waals surface area contributed by atoms with Gasteiger partial charge in [0, 0.05) is 20.2 Å². The van der Waals surface area contributed by atoms with Crippen molar-refractivity contribution in [2.24, 2.45) is 5.73 Å². The highest BCUT2D eigenvalue weighted by Gasteiger charge is 2.07. The zero-order valence-electron chi connectivity index (χ0n) is 7.45. The number of hydrogen-bond donors (Lipinski definition) is 1. The fourth-order valence-electron chi connectivity index (χ4n) is 0.878. The Hall–Kier alpha value is -1.22. The Morgan fingerprint density at radius 3 is 2.67 bits per heavy atom. The van der Waals surface area contributed by atoms with E-state index in [2.05, 4.69) is 6.58 Å². The van der Waals surface area contributed by atoms with Crippen LogP contribution in [-0.2, 0) is 0 Å². The van der Waals surface area contributed by atoms with E-state index in [1.54, 1.807) is 6.08 Å². The van der Waals surface area contributed by atoms with Crippen LogP contribution in [0.4, 0.5) is 5.88 Å². The van der Waals surface area contributed by atoms with Gasteiger partial charge in [0.25, 0.3) is 0 Å². The third kappa shape index (κ3) is 1.68. The molecule has 0 fully saturated rings. The maximum absolute atomic E-state index is 5.68. The normalized spacial score (nSPS) is 12.6. The van der Waals surface area contributed by atoms with E-state index in [0.29, 0.717) is 0 Å². The molecule has 66 valence electrons. The molecule has 0 aliphatic heterocycles. The Labute approximate surface area is 72.5 Å². The van der Waals surface area contributed by atoms with Crippen LogP contribution in [0, 0.1) is 0 Å². The molecule has 0 bridgehead atoms. The van der Waals surface area contributed by atoms with Crippen molar-refractivity contribution in [3.05, 3.63) is 30.5 Å². The van der Waals surface area contributed by atoms with Gasteiger partial charge in [-0.3, -0.25) is 0 Å². The van der Waals surface area contributed by atoms with Crippen molar-refractivity contribution < 1.29 is 4.42 Å². The third-order valence-electron chi connectivity index (χ3n) is 1.64. The van der Waals surface area contributed by atoms with E-state index < -0.39 is 0 Å². The molecule has 0 aromatic carbocycles. The SMILES string of the molecule is C=C[C@@H](N)c1ccc(N(C)C)o1. The number of rotatable bonds is 3. The largest absolute Gasteiger partial charge is 0.444 e. The molecule has 3 heteroatoms. The van der Waals surface area contributed by atoms with Gasteiger partial charge in [0.1, 0.15) is 5.76 Å². The summed E-state index contributed by atoms with van der Waals surface area (Å²) in [6.07, 6.45) is 1.65. The van der Waals surface area contributed by atoms with Crippen LogP contribution in [0.1, 0.15) is 11.8 Å². The molecule has 0 spiro atoms. The van der Waals surface area contributed by atoms with Gasteiger partial charge in [0.05, 0.1) is 6.04 Å². The van der Waals surface area contributed by atoms with Gasteiger partial charge in [-0.1, -0.05) is 6.08 Å². The van der Waals surface area contributed by atoms with Crippen LogP contribution in [0.15, 0.2) is 29.2 Å². The molecular formula is C9H14N2O. The lowest BCUT2D eigenvalue weighted by Gasteiger charge is -2.07. The highest BCUT2D eigenvalue weighted by Crippen LogP contribution is 2.20. The fourth-order valence-corrected chi connectivity index (χ4v) is 0.878. The molecule has 0 amide bonds. The maximum atomic E-state index is 5.68. The molecule has 1 aromatic rings. The van der Waals surface area contributed by atoms with E-state index in [1.807, 2.05) is 31.1 Å². The van der Waals surface area contributed by atoms with Crippen molar-refractivity contribution in [2.45, 2.75) is 6.04 Å². The third-order valence-corrected chi connectivity index (χ3v) is 1.64. The molecule has 1 heterocycles. The van der Waals surface area contributed by atoms with Crippen molar-refractivity contribution in [1.82, 2.24) is 0 Å². The summed E-state index contributed by atoms with van der Waals surface area (Å²) >= 11 is 0. The van der Waals surface area contributed by atoms with E-state index in [0.717, 1.165) is 11.6 Å². The Kier molecular flexibility index (Phi) is 2.55. The Morgan fingerprint density at radius 2 is 2.25 bits per heavy atom. The standard InChI is InChI=1S/C9H14N2O/c1-4-7(10)8-5-6-9(12-8)11(2)3/h4-7H,1,10H2,2-3H3/t7-/m1/s1. The van der Waals surface area contributed by atoms with Gasteiger partial charge in [0.2, 0.25) is 0 Å².